The van der Waals surface area contributed by atoms with Crippen LogP contribution in [0.15, 0.2) is 65.6 Å². The van der Waals surface area contributed by atoms with Crippen LogP contribution in [-0.2, 0) is 4.79 Å². The van der Waals surface area contributed by atoms with E-state index in [0.29, 0.717) is 13.0 Å². The maximum Gasteiger partial charge on any atom is 0.237 e. The molecule has 0 fully saturated rings. The number of benzene rings is 2. The van der Waals surface area contributed by atoms with Crippen molar-refractivity contribution in [1.29, 1.82) is 0 Å². The standard InChI is InChI=1S/C18H21NO2S/c1-14(20)12-13-19-18(21)17(15-8-4-2-5-9-15)22-16-10-6-3-7-11-16/h2-11,14,17,20H,12-13H2,1H3,(H,19,21). The van der Waals surface area contributed by atoms with Crippen LogP contribution in [-0.4, -0.2) is 23.7 Å². The minimum absolute atomic E-state index is 0.0271. The molecule has 2 unspecified atom stereocenters. The van der Waals surface area contributed by atoms with Gasteiger partial charge >= 0.3 is 0 Å². The summed E-state index contributed by atoms with van der Waals surface area (Å²) in [5.74, 6) is -0.0271. The number of carbonyl (C=O) groups excluding carboxylic acids is 1. The van der Waals surface area contributed by atoms with Crippen LogP contribution in [0.25, 0.3) is 0 Å². The Labute approximate surface area is 135 Å². The molecule has 0 saturated heterocycles. The first-order chi connectivity index (χ1) is 10.7. The Morgan fingerprint density at radius 1 is 1.09 bits per heavy atom. The summed E-state index contributed by atoms with van der Waals surface area (Å²) < 4.78 is 0. The van der Waals surface area contributed by atoms with Crippen molar-refractivity contribution in [2.75, 3.05) is 6.54 Å². The number of aliphatic hydroxyl groups is 1. The lowest BCUT2D eigenvalue weighted by molar-refractivity contribution is -0.120. The van der Waals surface area contributed by atoms with E-state index >= 15 is 0 Å². The predicted molar refractivity (Wildman–Crippen MR) is 90.8 cm³/mol. The van der Waals surface area contributed by atoms with Gasteiger partial charge in [0, 0.05) is 11.4 Å². The highest BCUT2D eigenvalue weighted by atomic mass is 32.2. The maximum atomic E-state index is 12.5. The van der Waals surface area contributed by atoms with Crippen molar-refractivity contribution in [1.82, 2.24) is 5.32 Å². The van der Waals surface area contributed by atoms with Gasteiger partial charge in [-0.1, -0.05) is 48.5 Å². The maximum absolute atomic E-state index is 12.5. The smallest absolute Gasteiger partial charge is 0.237 e. The van der Waals surface area contributed by atoms with Crippen molar-refractivity contribution >= 4 is 17.7 Å². The van der Waals surface area contributed by atoms with Crippen LogP contribution in [0.4, 0.5) is 0 Å². The molecule has 116 valence electrons. The molecule has 0 spiro atoms. The summed E-state index contributed by atoms with van der Waals surface area (Å²) in [6.07, 6.45) is 0.153. The normalized spacial score (nSPS) is 13.4. The van der Waals surface area contributed by atoms with Crippen LogP contribution in [0.5, 0.6) is 0 Å². The monoisotopic (exact) mass is 315 g/mol. The summed E-state index contributed by atoms with van der Waals surface area (Å²) in [6, 6.07) is 19.7. The number of hydrogen-bond donors (Lipinski definition) is 2. The Bertz CT molecular complexity index is 572. The number of hydrogen-bond acceptors (Lipinski definition) is 3. The third-order valence-electron chi connectivity index (χ3n) is 3.20. The Balaban J connectivity index is 2.10. The highest BCUT2D eigenvalue weighted by Crippen LogP contribution is 2.35. The summed E-state index contributed by atoms with van der Waals surface area (Å²) in [7, 11) is 0. The Hall–Kier alpha value is -1.78. The molecule has 2 rings (SSSR count). The van der Waals surface area contributed by atoms with E-state index in [1.807, 2.05) is 60.7 Å². The first-order valence-corrected chi connectivity index (χ1v) is 8.27. The minimum atomic E-state index is -0.405. The van der Waals surface area contributed by atoms with Gasteiger partial charge < -0.3 is 10.4 Å². The largest absolute Gasteiger partial charge is 0.393 e. The average molecular weight is 315 g/mol. The summed E-state index contributed by atoms with van der Waals surface area (Å²) in [4.78, 5) is 13.6. The second kappa shape index (κ2) is 8.61. The SMILES string of the molecule is CC(O)CCNC(=O)C(Sc1ccccc1)c1ccccc1. The number of aliphatic hydroxyl groups excluding tert-OH is 1. The topological polar surface area (TPSA) is 49.3 Å². The van der Waals surface area contributed by atoms with Gasteiger partial charge in [-0.05, 0) is 31.0 Å². The van der Waals surface area contributed by atoms with E-state index in [-0.39, 0.29) is 11.2 Å². The Kier molecular flexibility index (Phi) is 6.49. The molecule has 22 heavy (non-hydrogen) atoms. The molecule has 0 aliphatic carbocycles. The lowest BCUT2D eigenvalue weighted by Crippen LogP contribution is -2.30. The summed E-state index contributed by atoms with van der Waals surface area (Å²) in [6.45, 7) is 2.20. The fraction of sp³-hybridized carbons (Fsp3) is 0.278. The highest BCUT2D eigenvalue weighted by molar-refractivity contribution is 8.00. The molecule has 0 aliphatic rings. The summed E-state index contributed by atoms with van der Waals surface area (Å²) in [5, 5.41) is 11.9. The van der Waals surface area contributed by atoms with Crippen molar-refractivity contribution in [3.63, 3.8) is 0 Å². The van der Waals surface area contributed by atoms with Gasteiger partial charge in [-0.3, -0.25) is 4.79 Å². The van der Waals surface area contributed by atoms with Gasteiger partial charge in [0.2, 0.25) is 5.91 Å². The lowest BCUT2D eigenvalue weighted by Gasteiger charge is -2.17. The van der Waals surface area contributed by atoms with E-state index < -0.39 is 6.10 Å². The third-order valence-corrected chi connectivity index (χ3v) is 4.47. The summed E-state index contributed by atoms with van der Waals surface area (Å²) >= 11 is 1.53. The molecule has 0 saturated carbocycles. The number of carbonyl (C=O) groups is 1. The molecule has 4 heteroatoms. The van der Waals surface area contributed by atoms with Crippen molar-refractivity contribution in [3.8, 4) is 0 Å². The molecule has 0 bridgehead atoms. The van der Waals surface area contributed by atoms with Crippen LogP contribution >= 0.6 is 11.8 Å². The molecule has 0 aliphatic heterocycles. The van der Waals surface area contributed by atoms with Crippen LogP contribution in [0.3, 0.4) is 0 Å². The highest BCUT2D eigenvalue weighted by Gasteiger charge is 2.21. The quantitative estimate of drug-likeness (QED) is 0.770. The molecule has 2 atom stereocenters. The van der Waals surface area contributed by atoms with E-state index in [4.69, 9.17) is 0 Å². The Morgan fingerprint density at radius 3 is 2.27 bits per heavy atom. The molecular formula is C18H21NO2S. The molecule has 2 aromatic rings. The first-order valence-electron chi connectivity index (χ1n) is 7.39. The number of amides is 1. The second-order valence-electron chi connectivity index (χ2n) is 5.15. The first kappa shape index (κ1) is 16.6. The third kappa shape index (κ3) is 5.20. The lowest BCUT2D eigenvalue weighted by atomic mass is 10.1. The van der Waals surface area contributed by atoms with Crippen LogP contribution in [0.1, 0.15) is 24.2 Å². The fourth-order valence-corrected chi connectivity index (χ4v) is 3.10. The van der Waals surface area contributed by atoms with E-state index in [2.05, 4.69) is 5.32 Å². The van der Waals surface area contributed by atoms with Crippen molar-refractivity contribution in [2.24, 2.45) is 0 Å². The number of rotatable bonds is 7. The van der Waals surface area contributed by atoms with Gasteiger partial charge in [-0.2, -0.15) is 0 Å². The molecule has 3 nitrogen and oxygen atoms in total. The molecule has 0 radical (unpaired) electrons. The van der Waals surface area contributed by atoms with Gasteiger partial charge in [-0.15, -0.1) is 11.8 Å². The average Bonchev–Trinajstić information content (AvgIpc) is 2.54. The molecule has 2 aromatic carbocycles. The van der Waals surface area contributed by atoms with Crippen LogP contribution in [0, 0.1) is 0 Å². The number of thioether (sulfide) groups is 1. The van der Waals surface area contributed by atoms with E-state index in [1.54, 1.807) is 6.92 Å². The second-order valence-corrected chi connectivity index (χ2v) is 6.33. The Morgan fingerprint density at radius 2 is 1.68 bits per heavy atom. The molecular weight excluding hydrogens is 294 g/mol. The van der Waals surface area contributed by atoms with Gasteiger partial charge in [0.15, 0.2) is 0 Å². The molecule has 2 N–H and O–H groups in total. The van der Waals surface area contributed by atoms with Gasteiger partial charge in [0.1, 0.15) is 5.25 Å². The van der Waals surface area contributed by atoms with Crippen LogP contribution < -0.4 is 5.32 Å². The zero-order chi connectivity index (χ0) is 15.8. The van der Waals surface area contributed by atoms with Crippen molar-refractivity contribution in [2.45, 2.75) is 29.6 Å². The van der Waals surface area contributed by atoms with Crippen molar-refractivity contribution < 1.29 is 9.90 Å². The van der Waals surface area contributed by atoms with Gasteiger partial charge in [0.05, 0.1) is 6.10 Å². The van der Waals surface area contributed by atoms with E-state index in [9.17, 15) is 9.90 Å². The van der Waals surface area contributed by atoms with Gasteiger partial charge in [0.25, 0.3) is 0 Å². The van der Waals surface area contributed by atoms with Crippen molar-refractivity contribution in [3.05, 3.63) is 66.2 Å². The van der Waals surface area contributed by atoms with E-state index in [1.165, 1.54) is 11.8 Å². The summed E-state index contributed by atoms with van der Waals surface area (Å²) in [5.41, 5.74) is 0.978. The van der Waals surface area contributed by atoms with Gasteiger partial charge in [-0.25, -0.2) is 0 Å². The number of nitrogens with one attached hydrogen (secondary N) is 1. The molecule has 1 amide bonds. The van der Waals surface area contributed by atoms with Crippen LogP contribution in [0.2, 0.25) is 0 Å². The predicted octanol–water partition coefficient (Wildman–Crippen LogP) is 3.41. The minimum Gasteiger partial charge on any atom is -0.393 e. The fourth-order valence-electron chi connectivity index (χ4n) is 2.03. The molecule has 0 aromatic heterocycles. The molecule has 0 heterocycles. The van der Waals surface area contributed by atoms with E-state index in [0.717, 1.165) is 10.5 Å². The zero-order valence-electron chi connectivity index (χ0n) is 12.6. The zero-order valence-corrected chi connectivity index (χ0v) is 13.4.